The number of amides is 2. The van der Waals surface area contributed by atoms with Gasteiger partial charge >= 0.3 is 6.18 Å². The van der Waals surface area contributed by atoms with Crippen LogP contribution in [0.25, 0.3) is 6.08 Å². The van der Waals surface area contributed by atoms with Crippen LogP contribution < -0.4 is 10.2 Å². The van der Waals surface area contributed by atoms with Crippen molar-refractivity contribution >= 4 is 29.3 Å². The lowest BCUT2D eigenvalue weighted by atomic mass is 10.0. The number of carbonyl (C=O) groups is 2. The van der Waals surface area contributed by atoms with Gasteiger partial charge in [-0.25, -0.2) is 0 Å². The van der Waals surface area contributed by atoms with Crippen LogP contribution in [-0.4, -0.2) is 86.3 Å². The number of aromatic nitrogens is 1. The Hall–Kier alpha value is -5.20. The van der Waals surface area contributed by atoms with Crippen molar-refractivity contribution in [1.29, 1.82) is 0 Å². The fourth-order valence-corrected chi connectivity index (χ4v) is 5.91. The third-order valence-corrected chi connectivity index (χ3v) is 8.76. The number of halogens is 3. The number of nitrogens with one attached hydrogen (secondary N) is 1. The Morgan fingerprint density at radius 1 is 0.923 bits per heavy atom. The Balaban J connectivity index is 1.43. The summed E-state index contributed by atoms with van der Waals surface area (Å²) in [4.78, 5) is 37.5. The summed E-state index contributed by atoms with van der Waals surface area (Å²) in [6.07, 6.45) is -0.557. The van der Waals surface area contributed by atoms with Gasteiger partial charge in [-0.15, -0.1) is 0 Å². The van der Waals surface area contributed by atoms with Gasteiger partial charge in [-0.1, -0.05) is 60.7 Å². The first-order chi connectivity index (χ1) is 25.1. The van der Waals surface area contributed by atoms with E-state index in [1.165, 1.54) is 23.1 Å². The zero-order chi connectivity index (χ0) is 36.9. The lowest BCUT2D eigenvalue weighted by molar-refractivity contribution is -0.143. The lowest BCUT2D eigenvalue weighted by Gasteiger charge is -2.34. The maximum absolute atomic E-state index is 14.4. The number of pyridine rings is 1. The average Bonchev–Trinajstić information content (AvgIpc) is 3.16. The molecule has 1 saturated heterocycles. The summed E-state index contributed by atoms with van der Waals surface area (Å²) >= 11 is 0. The van der Waals surface area contributed by atoms with Crippen LogP contribution in [0, 0.1) is 0 Å². The quantitative estimate of drug-likeness (QED) is 0.114. The van der Waals surface area contributed by atoms with Gasteiger partial charge in [-0.3, -0.25) is 14.6 Å². The summed E-state index contributed by atoms with van der Waals surface area (Å²) < 4.78 is 49.9. The first-order valence-electron chi connectivity index (χ1n) is 17.1. The molecular formula is C40H44F3N5O4. The van der Waals surface area contributed by atoms with E-state index in [0.29, 0.717) is 38.5 Å². The minimum absolute atomic E-state index is 0.122. The van der Waals surface area contributed by atoms with Gasteiger partial charge in [0.05, 0.1) is 19.8 Å². The van der Waals surface area contributed by atoms with E-state index in [9.17, 15) is 22.8 Å². The summed E-state index contributed by atoms with van der Waals surface area (Å²) in [5.74, 6) is -0.722. The van der Waals surface area contributed by atoms with E-state index < -0.39 is 23.8 Å². The molecule has 1 aromatic heterocycles. The fourth-order valence-electron chi connectivity index (χ4n) is 5.91. The Morgan fingerprint density at radius 3 is 2.23 bits per heavy atom. The molecule has 0 saturated carbocycles. The van der Waals surface area contributed by atoms with Crippen LogP contribution in [0.3, 0.4) is 0 Å². The summed E-state index contributed by atoms with van der Waals surface area (Å²) in [6.45, 7) is 4.53. The molecule has 1 fully saturated rings. The molecule has 0 unspecified atom stereocenters. The molecule has 1 N–H and O–H groups in total. The zero-order valence-electron chi connectivity index (χ0n) is 29.4. The lowest BCUT2D eigenvalue weighted by Crippen LogP contribution is -2.50. The number of morpholine rings is 1. The number of alkyl halides is 3. The number of likely N-dealkylation sites (N-methyl/N-ethyl adjacent to an activating group) is 1. The van der Waals surface area contributed by atoms with Crippen LogP contribution in [0.1, 0.15) is 27.9 Å². The van der Waals surface area contributed by atoms with E-state index in [4.69, 9.17) is 9.47 Å². The van der Waals surface area contributed by atoms with E-state index in [1.54, 1.807) is 19.1 Å². The molecule has 1 aliphatic rings. The van der Waals surface area contributed by atoms with Crippen molar-refractivity contribution in [1.82, 2.24) is 14.8 Å². The van der Waals surface area contributed by atoms with Gasteiger partial charge in [-0.2, -0.15) is 13.2 Å². The third kappa shape index (κ3) is 10.9. The highest BCUT2D eigenvalue weighted by molar-refractivity contribution is 5.95. The predicted octanol–water partition coefficient (Wildman–Crippen LogP) is 6.31. The summed E-state index contributed by atoms with van der Waals surface area (Å²) in [5, 5.41) is 3.28. The van der Waals surface area contributed by atoms with Crippen LogP contribution in [0.5, 0.6) is 0 Å². The molecule has 9 nitrogen and oxygen atoms in total. The molecule has 2 amide bonds. The number of hydrogen-bond donors (Lipinski definition) is 1. The maximum atomic E-state index is 14.4. The monoisotopic (exact) mass is 715 g/mol. The highest BCUT2D eigenvalue weighted by Crippen LogP contribution is 2.27. The van der Waals surface area contributed by atoms with Crippen molar-refractivity contribution in [3.63, 3.8) is 0 Å². The molecule has 12 heteroatoms. The van der Waals surface area contributed by atoms with Crippen LogP contribution in [0.4, 0.5) is 24.5 Å². The van der Waals surface area contributed by atoms with Gasteiger partial charge in [0, 0.05) is 76.9 Å². The number of ether oxygens (including phenoxy) is 2. The van der Waals surface area contributed by atoms with Crippen LogP contribution in [-0.2, 0) is 44.7 Å². The van der Waals surface area contributed by atoms with Crippen molar-refractivity contribution < 1.29 is 32.2 Å². The molecule has 0 spiro atoms. The fraction of sp³-hybridized carbons (Fsp3) is 0.325. The standard InChI is InChI=1S/C40H44F3N5O4/c1-46(28-32-8-14-34(15-9-32)44-20-23-51-2)39(50)36(26-30-6-4-3-5-7-30)48(29-33-10-16-35(17-11-33)47-21-24-52-25-22-47)38(49)19-13-31-12-18-37(45-27-31)40(41,42)43/h3-19,27,36,44H,20-26,28-29H2,1-2H3/t36-/m0/s1. The molecule has 1 atom stereocenters. The minimum Gasteiger partial charge on any atom is -0.383 e. The number of hydrogen-bond acceptors (Lipinski definition) is 7. The molecule has 0 radical (unpaired) electrons. The average molecular weight is 716 g/mol. The van der Waals surface area contributed by atoms with E-state index in [1.807, 2.05) is 78.9 Å². The predicted molar refractivity (Wildman–Crippen MR) is 196 cm³/mol. The largest absolute Gasteiger partial charge is 0.433 e. The first kappa shape index (κ1) is 38.0. The molecule has 3 aromatic carbocycles. The van der Waals surface area contributed by atoms with Crippen molar-refractivity contribution in [2.75, 3.05) is 63.8 Å². The Bertz CT molecular complexity index is 1750. The number of anilines is 2. The van der Waals surface area contributed by atoms with Gasteiger partial charge in [0.1, 0.15) is 11.7 Å². The molecule has 5 rings (SSSR count). The Labute approximate surface area is 302 Å². The van der Waals surface area contributed by atoms with E-state index >= 15 is 0 Å². The highest BCUT2D eigenvalue weighted by Gasteiger charge is 2.33. The second kappa shape index (κ2) is 18.3. The first-order valence-corrected chi connectivity index (χ1v) is 17.1. The normalized spacial score (nSPS) is 13.9. The second-order valence-corrected chi connectivity index (χ2v) is 12.6. The van der Waals surface area contributed by atoms with Crippen LogP contribution in [0.15, 0.2) is 103 Å². The summed E-state index contributed by atoms with van der Waals surface area (Å²) in [5.41, 5.74) is 3.88. The number of benzene rings is 3. The van der Waals surface area contributed by atoms with E-state index in [2.05, 4.69) is 15.2 Å². The summed E-state index contributed by atoms with van der Waals surface area (Å²) in [7, 11) is 3.36. The molecule has 1 aliphatic heterocycles. The Morgan fingerprint density at radius 2 is 1.60 bits per heavy atom. The molecule has 0 bridgehead atoms. The molecule has 52 heavy (non-hydrogen) atoms. The van der Waals surface area contributed by atoms with Crippen LogP contribution in [0.2, 0.25) is 0 Å². The zero-order valence-corrected chi connectivity index (χ0v) is 29.4. The number of methoxy groups -OCH3 is 1. The minimum atomic E-state index is -4.58. The van der Waals surface area contributed by atoms with Gasteiger partial charge < -0.3 is 29.5 Å². The smallest absolute Gasteiger partial charge is 0.383 e. The van der Waals surface area contributed by atoms with Gasteiger partial charge in [0.2, 0.25) is 11.8 Å². The number of carbonyl (C=O) groups excluding carboxylic acids is 2. The molecule has 0 aliphatic carbocycles. The molecule has 4 aromatic rings. The maximum Gasteiger partial charge on any atom is 0.433 e. The molecule has 274 valence electrons. The number of nitrogens with zero attached hydrogens (tertiary/aromatic N) is 4. The van der Waals surface area contributed by atoms with Crippen molar-refractivity contribution in [2.45, 2.75) is 31.7 Å². The summed E-state index contributed by atoms with van der Waals surface area (Å²) in [6, 6.07) is 26.4. The van der Waals surface area contributed by atoms with E-state index in [0.717, 1.165) is 53.4 Å². The van der Waals surface area contributed by atoms with Crippen molar-refractivity contribution in [3.8, 4) is 0 Å². The molecular weight excluding hydrogens is 671 g/mol. The highest BCUT2D eigenvalue weighted by atomic mass is 19.4. The van der Waals surface area contributed by atoms with Gasteiger partial charge in [0.15, 0.2) is 0 Å². The topological polar surface area (TPSA) is 87.2 Å². The van der Waals surface area contributed by atoms with Crippen molar-refractivity contribution in [3.05, 3.63) is 131 Å². The SMILES string of the molecule is COCCNc1ccc(CN(C)C(=O)[C@H](Cc2ccccc2)N(Cc2ccc(N3CCOCC3)cc2)C(=O)C=Cc2ccc(C(F)(F)F)nc2)cc1. The van der Waals surface area contributed by atoms with Crippen LogP contribution >= 0.6 is 0 Å². The van der Waals surface area contributed by atoms with Gasteiger partial charge in [-0.05, 0) is 58.7 Å². The number of rotatable bonds is 15. The van der Waals surface area contributed by atoms with Gasteiger partial charge in [0.25, 0.3) is 0 Å². The Kier molecular flexibility index (Phi) is 13.4. The second-order valence-electron chi connectivity index (χ2n) is 12.6. The third-order valence-electron chi connectivity index (χ3n) is 8.76. The molecule has 2 heterocycles. The van der Waals surface area contributed by atoms with E-state index in [-0.39, 0.29) is 18.9 Å². The van der Waals surface area contributed by atoms with Crippen molar-refractivity contribution in [2.24, 2.45) is 0 Å².